The fourth-order valence-corrected chi connectivity index (χ4v) is 6.62. The third-order valence-electron chi connectivity index (χ3n) is 4.81. The van der Waals surface area contributed by atoms with Crippen molar-refractivity contribution in [3.05, 3.63) is 21.7 Å². The number of methoxy groups -OCH3 is 2. The lowest BCUT2D eigenvalue weighted by atomic mass is 10.2. The van der Waals surface area contributed by atoms with E-state index in [1.807, 2.05) is 14.2 Å². The summed E-state index contributed by atoms with van der Waals surface area (Å²) in [6, 6.07) is 1.07. The zero-order valence-corrected chi connectivity index (χ0v) is 14.6. The number of hydrogen-bond donors (Lipinski definition) is 0. The summed E-state index contributed by atoms with van der Waals surface area (Å²) in [5.74, 6) is 0. The molecule has 2 atom stereocenters. The highest BCUT2D eigenvalue weighted by Crippen LogP contribution is 2.50. The van der Waals surface area contributed by atoms with Crippen LogP contribution >= 0.6 is 7.68 Å². The lowest BCUT2D eigenvalue weighted by molar-refractivity contribution is 0.171. The van der Waals surface area contributed by atoms with Crippen LogP contribution in [0.1, 0.15) is 34.6 Å². The first-order valence-electron chi connectivity index (χ1n) is 7.44. The van der Waals surface area contributed by atoms with Crippen LogP contribution in [0.4, 0.5) is 0 Å². The van der Waals surface area contributed by atoms with Gasteiger partial charge in [0.2, 0.25) is 0 Å². The van der Waals surface area contributed by atoms with Gasteiger partial charge in [-0.25, -0.2) is 0 Å². The van der Waals surface area contributed by atoms with E-state index in [9.17, 15) is 0 Å². The third-order valence-corrected chi connectivity index (χ3v) is 7.87. The zero-order chi connectivity index (χ0) is 14.9. The molecule has 1 aliphatic heterocycles. The first-order valence-corrected chi connectivity index (χ1v) is 8.73. The second-order valence-corrected chi connectivity index (χ2v) is 8.34. The molecule has 0 aliphatic carbocycles. The highest BCUT2D eigenvalue weighted by molar-refractivity contribution is 7.53. The van der Waals surface area contributed by atoms with E-state index in [1.165, 1.54) is 24.0 Å². The lowest BCUT2D eigenvalue weighted by Crippen LogP contribution is -2.39. The van der Waals surface area contributed by atoms with E-state index >= 15 is 0 Å². The molecule has 2 rings (SSSR count). The van der Waals surface area contributed by atoms with Crippen LogP contribution in [0, 0.1) is 27.7 Å². The van der Waals surface area contributed by atoms with Crippen LogP contribution in [-0.2, 0) is 9.47 Å². The van der Waals surface area contributed by atoms with E-state index in [0.717, 1.165) is 13.2 Å². The predicted molar refractivity (Wildman–Crippen MR) is 86.9 cm³/mol. The van der Waals surface area contributed by atoms with Gasteiger partial charge in [0.1, 0.15) is 0 Å². The third kappa shape index (κ3) is 2.69. The molecule has 1 aromatic rings. The van der Waals surface area contributed by atoms with E-state index in [1.54, 1.807) is 10.6 Å². The average Bonchev–Trinajstić information content (AvgIpc) is 2.88. The monoisotopic (exact) mass is 297 g/mol. The first-order chi connectivity index (χ1) is 9.52. The van der Waals surface area contributed by atoms with Crippen LogP contribution in [0.3, 0.4) is 0 Å². The SMILES string of the molecule is COC[C@H]1CC[C@H](COC)N1p1c(C)c(C)c(C)c1C. The largest absolute Gasteiger partial charge is 0.383 e. The lowest BCUT2D eigenvalue weighted by Gasteiger charge is -2.31. The molecule has 0 unspecified atom stereocenters. The summed E-state index contributed by atoms with van der Waals surface area (Å²) in [4.78, 5) is 0. The number of hydrogen-bond acceptors (Lipinski definition) is 3. The second-order valence-electron chi connectivity index (χ2n) is 5.91. The Labute approximate surface area is 124 Å². The van der Waals surface area contributed by atoms with Gasteiger partial charge in [-0.2, -0.15) is 0 Å². The highest BCUT2D eigenvalue weighted by atomic mass is 31.1. The summed E-state index contributed by atoms with van der Waals surface area (Å²) in [5, 5.41) is 3.14. The van der Waals surface area contributed by atoms with Gasteiger partial charge in [-0.15, -0.1) is 0 Å². The summed E-state index contributed by atoms with van der Waals surface area (Å²) in [6.45, 7) is 10.8. The molecule has 0 N–H and O–H groups in total. The summed E-state index contributed by atoms with van der Waals surface area (Å²) in [7, 11) is 3.31. The Morgan fingerprint density at radius 3 is 1.65 bits per heavy atom. The van der Waals surface area contributed by atoms with Crippen molar-refractivity contribution in [3.8, 4) is 0 Å². The Kier molecular flexibility index (Phi) is 5.30. The fraction of sp³-hybridized carbons (Fsp3) is 0.750. The van der Waals surface area contributed by atoms with Gasteiger partial charge in [0.15, 0.2) is 0 Å². The van der Waals surface area contributed by atoms with Crippen molar-refractivity contribution in [1.29, 1.82) is 0 Å². The molecule has 0 amide bonds. The van der Waals surface area contributed by atoms with Gasteiger partial charge in [-0.05, 0) is 69.9 Å². The van der Waals surface area contributed by atoms with Gasteiger partial charge in [0, 0.05) is 26.3 Å². The Morgan fingerprint density at radius 1 is 0.900 bits per heavy atom. The van der Waals surface area contributed by atoms with Crippen molar-refractivity contribution >= 4 is 7.68 Å². The second kappa shape index (κ2) is 6.62. The molecule has 2 heterocycles. The highest BCUT2D eigenvalue weighted by Gasteiger charge is 2.36. The molecular formula is C16H28NO2P. The Hall–Kier alpha value is -0.340. The van der Waals surface area contributed by atoms with Gasteiger partial charge < -0.3 is 9.47 Å². The van der Waals surface area contributed by atoms with Crippen molar-refractivity contribution < 1.29 is 9.47 Å². The minimum atomic E-state index is -0.317. The number of ether oxygens (including phenoxy) is 2. The zero-order valence-electron chi connectivity index (χ0n) is 13.7. The first kappa shape index (κ1) is 16.0. The van der Waals surface area contributed by atoms with E-state index < -0.39 is 0 Å². The van der Waals surface area contributed by atoms with E-state index in [4.69, 9.17) is 9.47 Å². The summed E-state index contributed by atoms with van der Waals surface area (Å²) >= 11 is 0. The van der Waals surface area contributed by atoms with Gasteiger partial charge in [0.25, 0.3) is 0 Å². The van der Waals surface area contributed by atoms with Crippen molar-refractivity contribution in [2.24, 2.45) is 0 Å². The molecule has 114 valence electrons. The maximum absolute atomic E-state index is 5.46. The topological polar surface area (TPSA) is 21.7 Å². The van der Waals surface area contributed by atoms with Crippen molar-refractivity contribution in [1.82, 2.24) is 0 Å². The molecule has 3 nitrogen and oxygen atoms in total. The number of nitrogens with zero attached hydrogens (tertiary/aromatic N) is 1. The molecule has 0 spiro atoms. The quantitative estimate of drug-likeness (QED) is 0.827. The van der Waals surface area contributed by atoms with E-state index in [-0.39, 0.29) is 7.68 Å². The van der Waals surface area contributed by atoms with Gasteiger partial charge in [-0.3, -0.25) is 4.67 Å². The summed E-state index contributed by atoms with van der Waals surface area (Å²) in [5.41, 5.74) is 2.99. The molecule has 1 aliphatic rings. The van der Waals surface area contributed by atoms with Crippen LogP contribution in [0.25, 0.3) is 0 Å². The summed E-state index contributed by atoms with van der Waals surface area (Å²) in [6.07, 6.45) is 2.44. The van der Waals surface area contributed by atoms with Crippen LogP contribution in [0.2, 0.25) is 0 Å². The molecule has 0 bridgehead atoms. The van der Waals surface area contributed by atoms with Crippen LogP contribution < -0.4 is 4.67 Å². The molecule has 4 heteroatoms. The molecule has 0 radical (unpaired) electrons. The molecule has 0 saturated carbocycles. The minimum absolute atomic E-state index is 0.317. The van der Waals surface area contributed by atoms with Crippen LogP contribution in [0.5, 0.6) is 0 Å². The Balaban J connectivity index is 2.41. The number of rotatable bonds is 5. The van der Waals surface area contributed by atoms with Crippen LogP contribution in [0.15, 0.2) is 0 Å². The standard InChI is InChI=1S/C16H28NO2P/c1-11-12(2)14(4)20(13(11)3)17-15(9-18-5)7-8-16(17)10-19-6/h15-16H,7-10H2,1-6H3/t15-,16-/m1/s1. The minimum Gasteiger partial charge on any atom is -0.383 e. The molecule has 1 fully saturated rings. The summed E-state index contributed by atoms with van der Waals surface area (Å²) < 4.78 is 13.6. The molecular weight excluding hydrogens is 269 g/mol. The normalized spacial score (nSPS) is 23.7. The van der Waals surface area contributed by atoms with E-state index in [2.05, 4.69) is 32.4 Å². The maximum Gasteiger partial charge on any atom is 0.0625 e. The van der Waals surface area contributed by atoms with Crippen molar-refractivity contribution in [3.63, 3.8) is 0 Å². The Bertz CT molecular complexity index is 430. The maximum atomic E-state index is 5.46. The molecule has 1 aromatic heterocycles. The van der Waals surface area contributed by atoms with Gasteiger partial charge >= 0.3 is 0 Å². The predicted octanol–water partition coefficient (Wildman–Crippen LogP) is 3.67. The van der Waals surface area contributed by atoms with Crippen molar-refractivity contribution in [2.45, 2.75) is 52.6 Å². The molecule has 20 heavy (non-hydrogen) atoms. The van der Waals surface area contributed by atoms with Gasteiger partial charge in [0.05, 0.1) is 13.2 Å². The average molecular weight is 297 g/mol. The molecule has 1 saturated heterocycles. The van der Waals surface area contributed by atoms with E-state index in [0.29, 0.717) is 12.1 Å². The molecule has 0 aromatic carbocycles. The smallest absolute Gasteiger partial charge is 0.0625 e. The Morgan fingerprint density at radius 2 is 1.30 bits per heavy atom. The van der Waals surface area contributed by atoms with Crippen LogP contribution in [-0.4, -0.2) is 39.5 Å². The van der Waals surface area contributed by atoms with Gasteiger partial charge in [-0.1, -0.05) is 0 Å². The fourth-order valence-electron chi connectivity index (χ4n) is 3.44. The van der Waals surface area contributed by atoms with Crippen molar-refractivity contribution in [2.75, 3.05) is 32.1 Å².